The maximum absolute atomic E-state index is 9.31. The predicted octanol–water partition coefficient (Wildman–Crippen LogP) is 4.48. The molecule has 0 aliphatic heterocycles. The molecule has 0 atom stereocenters. The molecule has 22 heavy (non-hydrogen) atoms. The summed E-state index contributed by atoms with van der Waals surface area (Å²) >= 11 is 0. The van der Waals surface area contributed by atoms with Crippen LogP contribution < -0.4 is 0 Å². The molecule has 0 N–H and O–H groups in total. The zero-order valence-corrected chi connectivity index (χ0v) is 12.0. The third kappa shape index (κ3) is 2.34. The maximum atomic E-state index is 9.31. The van der Waals surface area contributed by atoms with E-state index in [-0.39, 0.29) is 0 Å². The van der Waals surface area contributed by atoms with Gasteiger partial charge in [0.05, 0.1) is 0 Å². The minimum absolute atomic E-state index is 0.925. The zero-order chi connectivity index (χ0) is 15.3. The highest BCUT2D eigenvalue weighted by Gasteiger charge is 2.38. The topological polar surface area (TPSA) is 33.0 Å². The molecule has 0 unspecified atom stereocenters. The Balaban J connectivity index is 2.32. The van der Waals surface area contributed by atoms with E-state index in [1.165, 1.54) is 0 Å². The van der Waals surface area contributed by atoms with Gasteiger partial charge in [-0.2, -0.15) is 5.26 Å². The number of hydrogen-bond donors (Lipinski definition) is 0. The highest BCUT2D eigenvalue weighted by Crippen LogP contribution is 2.39. The minimum Gasteiger partial charge on any atom is -0.406 e. The van der Waals surface area contributed by atoms with E-state index in [2.05, 4.69) is 0 Å². The van der Waals surface area contributed by atoms with Gasteiger partial charge in [0.25, 0.3) is 6.26 Å². The molecule has 0 aromatic heterocycles. The molecule has 0 heterocycles. The van der Waals surface area contributed by atoms with Gasteiger partial charge in [-0.3, -0.25) is 0 Å². The van der Waals surface area contributed by atoms with Gasteiger partial charge in [-0.1, -0.05) is 91.0 Å². The Morgan fingerprint density at radius 2 is 0.909 bits per heavy atom. The molecule has 0 amide bonds. The molecule has 2 nitrogen and oxygen atoms in total. The van der Waals surface area contributed by atoms with E-state index in [1.54, 1.807) is 0 Å². The van der Waals surface area contributed by atoms with Gasteiger partial charge in [0.2, 0.25) is 0 Å². The number of ether oxygens (including phenoxy) is 1. The van der Waals surface area contributed by atoms with Crippen LogP contribution in [-0.2, 0) is 10.3 Å². The average Bonchev–Trinajstić information content (AvgIpc) is 2.62. The van der Waals surface area contributed by atoms with E-state index < -0.39 is 5.60 Å². The summed E-state index contributed by atoms with van der Waals surface area (Å²) in [5, 5.41) is 9.31. The van der Waals surface area contributed by atoms with Crippen LogP contribution in [0.2, 0.25) is 0 Å². The molecule has 0 spiro atoms. The highest BCUT2D eigenvalue weighted by atomic mass is 16.5. The molecule has 0 radical (unpaired) electrons. The van der Waals surface area contributed by atoms with E-state index in [9.17, 15) is 5.26 Å². The Labute approximate surface area is 130 Å². The van der Waals surface area contributed by atoms with Crippen LogP contribution in [0, 0.1) is 11.5 Å². The summed E-state index contributed by atoms with van der Waals surface area (Å²) in [4.78, 5) is 0. The van der Waals surface area contributed by atoms with E-state index in [1.807, 2.05) is 97.3 Å². The fourth-order valence-corrected chi connectivity index (χ4v) is 2.76. The lowest BCUT2D eigenvalue weighted by Gasteiger charge is -2.32. The molecule has 3 rings (SSSR count). The van der Waals surface area contributed by atoms with Gasteiger partial charge in [0.1, 0.15) is 0 Å². The van der Waals surface area contributed by atoms with Gasteiger partial charge in [-0.05, 0) is 0 Å². The number of nitrogens with zero attached hydrogens (tertiary/aromatic N) is 1. The second kappa shape index (κ2) is 6.15. The molecular formula is C20H15NO. The van der Waals surface area contributed by atoms with Crippen molar-refractivity contribution in [2.24, 2.45) is 0 Å². The number of rotatable bonds is 4. The first-order valence-corrected chi connectivity index (χ1v) is 7.11. The molecule has 0 bridgehead atoms. The predicted molar refractivity (Wildman–Crippen MR) is 85.9 cm³/mol. The van der Waals surface area contributed by atoms with Gasteiger partial charge < -0.3 is 4.74 Å². The van der Waals surface area contributed by atoms with Crippen molar-refractivity contribution in [1.29, 1.82) is 5.26 Å². The third-order valence-corrected chi connectivity index (χ3v) is 3.74. The fraction of sp³-hybridized carbons (Fsp3) is 0.0500. The van der Waals surface area contributed by atoms with Crippen LogP contribution in [0.4, 0.5) is 0 Å². The van der Waals surface area contributed by atoms with Crippen LogP contribution in [0.15, 0.2) is 91.0 Å². The van der Waals surface area contributed by atoms with E-state index in [0.29, 0.717) is 0 Å². The van der Waals surface area contributed by atoms with Crippen molar-refractivity contribution < 1.29 is 4.74 Å². The quantitative estimate of drug-likeness (QED) is 0.523. The molecule has 3 aromatic rings. The van der Waals surface area contributed by atoms with Gasteiger partial charge in [-0.25, -0.2) is 0 Å². The lowest BCUT2D eigenvalue weighted by atomic mass is 9.80. The van der Waals surface area contributed by atoms with Crippen LogP contribution in [0.5, 0.6) is 0 Å². The Morgan fingerprint density at radius 3 is 1.18 bits per heavy atom. The molecular weight excluding hydrogens is 270 g/mol. The monoisotopic (exact) mass is 285 g/mol. The summed E-state index contributed by atoms with van der Waals surface area (Å²) in [6, 6.07) is 29.5. The number of benzene rings is 3. The first-order chi connectivity index (χ1) is 10.9. The van der Waals surface area contributed by atoms with Crippen molar-refractivity contribution in [3.05, 3.63) is 108 Å². The smallest absolute Gasteiger partial charge is 0.287 e. The van der Waals surface area contributed by atoms with Gasteiger partial charge >= 0.3 is 0 Å². The number of nitriles is 1. The summed E-state index contributed by atoms with van der Waals surface area (Å²) in [5.41, 5.74) is 1.84. The average molecular weight is 285 g/mol. The lowest BCUT2D eigenvalue weighted by Crippen LogP contribution is -2.31. The van der Waals surface area contributed by atoms with Gasteiger partial charge in [0.15, 0.2) is 5.60 Å². The molecule has 106 valence electrons. The summed E-state index contributed by atoms with van der Waals surface area (Å²) in [6.45, 7) is 0. The van der Waals surface area contributed by atoms with E-state index in [0.717, 1.165) is 16.7 Å². The van der Waals surface area contributed by atoms with Crippen molar-refractivity contribution >= 4 is 0 Å². The summed E-state index contributed by atoms with van der Waals surface area (Å²) < 4.78 is 5.69. The molecule has 0 saturated heterocycles. The van der Waals surface area contributed by atoms with Crippen molar-refractivity contribution in [3.8, 4) is 6.26 Å². The second-order valence-corrected chi connectivity index (χ2v) is 4.97. The lowest BCUT2D eigenvalue weighted by molar-refractivity contribution is 0.114. The molecule has 0 saturated carbocycles. The number of hydrogen-bond acceptors (Lipinski definition) is 2. The van der Waals surface area contributed by atoms with E-state index >= 15 is 0 Å². The summed E-state index contributed by atoms with van der Waals surface area (Å²) in [5.74, 6) is 0. The molecule has 0 aliphatic carbocycles. The Hall–Kier alpha value is -3.05. The Bertz CT molecular complexity index is 664. The summed E-state index contributed by atoms with van der Waals surface area (Å²) in [6.07, 6.45) is 1.90. The Morgan fingerprint density at radius 1 is 0.591 bits per heavy atom. The zero-order valence-electron chi connectivity index (χ0n) is 12.0. The van der Waals surface area contributed by atoms with E-state index in [4.69, 9.17) is 4.74 Å². The van der Waals surface area contributed by atoms with Crippen molar-refractivity contribution in [1.82, 2.24) is 0 Å². The first-order valence-electron chi connectivity index (χ1n) is 7.11. The Kier molecular flexibility index (Phi) is 3.89. The van der Waals surface area contributed by atoms with Crippen LogP contribution in [-0.4, -0.2) is 0 Å². The standard InChI is InChI=1S/C20H15NO/c21-16-22-20(17-10-4-1-5-11-17,18-12-6-2-7-13-18)19-14-8-3-9-15-19/h1-15H. The van der Waals surface area contributed by atoms with Crippen molar-refractivity contribution in [3.63, 3.8) is 0 Å². The molecule has 0 aliphatic rings. The highest BCUT2D eigenvalue weighted by molar-refractivity contribution is 5.47. The molecule has 0 fully saturated rings. The first kappa shape index (κ1) is 13.9. The van der Waals surface area contributed by atoms with Gasteiger partial charge in [-0.15, -0.1) is 0 Å². The van der Waals surface area contributed by atoms with Crippen LogP contribution >= 0.6 is 0 Å². The normalized spacial score (nSPS) is 10.7. The van der Waals surface area contributed by atoms with Crippen LogP contribution in [0.1, 0.15) is 16.7 Å². The fourth-order valence-electron chi connectivity index (χ4n) is 2.76. The minimum atomic E-state index is -0.932. The summed E-state index contributed by atoms with van der Waals surface area (Å²) in [7, 11) is 0. The SMILES string of the molecule is N#COC(c1ccccc1)(c1ccccc1)c1ccccc1. The van der Waals surface area contributed by atoms with Crippen LogP contribution in [0.3, 0.4) is 0 Å². The largest absolute Gasteiger partial charge is 0.406 e. The third-order valence-electron chi connectivity index (χ3n) is 3.74. The van der Waals surface area contributed by atoms with Crippen molar-refractivity contribution in [2.75, 3.05) is 0 Å². The van der Waals surface area contributed by atoms with Crippen LogP contribution in [0.25, 0.3) is 0 Å². The molecule has 2 heteroatoms. The second-order valence-electron chi connectivity index (χ2n) is 4.97. The molecule has 3 aromatic carbocycles. The maximum Gasteiger partial charge on any atom is 0.287 e. The van der Waals surface area contributed by atoms with Crippen molar-refractivity contribution in [2.45, 2.75) is 5.60 Å². The van der Waals surface area contributed by atoms with Gasteiger partial charge in [0, 0.05) is 16.7 Å².